The lowest BCUT2D eigenvalue weighted by Gasteiger charge is -1.88. The van der Waals surface area contributed by atoms with Crippen molar-refractivity contribution in [3.05, 3.63) is 0 Å². The van der Waals surface area contributed by atoms with E-state index in [1.54, 1.807) is 6.92 Å². The first-order chi connectivity index (χ1) is 4.54. The van der Waals surface area contributed by atoms with Gasteiger partial charge in [-0.2, -0.15) is 8.42 Å². The van der Waals surface area contributed by atoms with Crippen LogP contribution in [0.3, 0.4) is 0 Å². The Morgan fingerprint density at radius 2 is 1.70 bits per heavy atom. The topological polar surface area (TPSA) is 83.8 Å². The van der Waals surface area contributed by atoms with Gasteiger partial charge >= 0.3 is 0 Å². The van der Waals surface area contributed by atoms with Crippen LogP contribution in [-0.4, -0.2) is 31.1 Å². The first-order valence-electron chi connectivity index (χ1n) is 2.70. The van der Waals surface area contributed by atoms with Gasteiger partial charge in [-0.05, 0) is 13.8 Å². The lowest BCUT2D eigenvalue weighted by Crippen LogP contribution is -2.03. The van der Waals surface area contributed by atoms with Gasteiger partial charge in [0.2, 0.25) is 0 Å². The summed E-state index contributed by atoms with van der Waals surface area (Å²) in [5.74, 6) is -0.205. The zero-order valence-electron chi connectivity index (χ0n) is 5.94. The van der Waals surface area contributed by atoms with Crippen molar-refractivity contribution >= 4 is 10.1 Å². The first kappa shape index (κ1) is 12.5. The molecular formula is C4H12O5S. The second kappa shape index (κ2) is 6.94. The molecule has 0 atom stereocenters. The predicted molar refractivity (Wildman–Crippen MR) is 35.9 cm³/mol. The fraction of sp³-hybridized carbons (Fsp3) is 1.00. The molecule has 0 aliphatic heterocycles. The smallest absolute Gasteiger partial charge is 0.293 e. The Bertz CT molecular complexity index is 128. The molecule has 10 heavy (non-hydrogen) atoms. The molecule has 0 aliphatic carbocycles. The van der Waals surface area contributed by atoms with Crippen LogP contribution < -0.4 is 0 Å². The normalized spacial score (nSPS) is 10.0. The standard InChI is InChI=1S/C2H6O4S.C2H6O/c1-2-7(4,5)6-3;1-2-3/h3H,2H2,1H3;3H,2H2,1H3. The number of hydrogen-bond donors (Lipinski definition) is 2. The number of hydrogen-bond acceptors (Lipinski definition) is 5. The van der Waals surface area contributed by atoms with Gasteiger partial charge in [-0.3, -0.25) is 0 Å². The van der Waals surface area contributed by atoms with Gasteiger partial charge in [0.05, 0.1) is 5.75 Å². The molecule has 0 bridgehead atoms. The van der Waals surface area contributed by atoms with Gasteiger partial charge in [-0.15, -0.1) is 4.33 Å². The Morgan fingerprint density at radius 3 is 1.70 bits per heavy atom. The molecule has 0 aromatic rings. The van der Waals surface area contributed by atoms with E-state index in [0.29, 0.717) is 0 Å². The Hall–Kier alpha value is -0.170. The third kappa shape index (κ3) is 10.7. The van der Waals surface area contributed by atoms with E-state index in [1.807, 2.05) is 0 Å². The summed E-state index contributed by atoms with van der Waals surface area (Å²) in [6.45, 7) is 3.30. The van der Waals surface area contributed by atoms with Crippen molar-refractivity contribution in [3.8, 4) is 0 Å². The van der Waals surface area contributed by atoms with E-state index in [2.05, 4.69) is 4.33 Å². The van der Waals surface area contributed by atoms with Crippen molar-refractivity contribution in [2.24, 2.45) is 0 Å². The average Bonchev–Trinajstić information content (AvgIpc) is 1.90. The summed E-state index contributed by atoms with van der Waals surface area (Å²) in [4.78, 5) is 0. The summed E-state index contributed by atoms with van der Waals surface area (Å²) in [5, 5.41) is 15.1. The average molecular weight is 172 g/mol. The predicted octanol–water partition coefficient (Wildman–Crippen LogP) is -0.176. The third-order valence-electron chi connectivity index (χ3n) is 0.467. The molecule has 0 saturated heterocycles. The largest absolute Gasteiger partial charge is 0.397 e. The molecule has 0 spiro atoms. The molecule has 0 aromatic carbocycles. The van der Waals surface area contributed by atoms with Gasteiger partial charge in [-0.25, -0.2) is 5.26 Å². The summed E-state index contributed by atoms with van der Waals surface area (Å²) in [5.41, 5.74) is 0. The van der Waals surface area contributed by atoms with Crippen LogP contribution in [-0.2, 0) is 14.5 Å². The molecule has 6 heteroatoms. The minimum Gasteiger partial charge on any atom is -0.397 e. The molecule has 0 amide bonds. The lowest BCUT2D eigenvalue weighted by molar-refractivity contribution is -0.130. The second-order valence-corrected chi connectivity index (χ2v) is 3.08. The van der Waals surface area contributed by atoms with Crippen molar-refractivity contribution in [2.75, 3.05) is 12.4 Å². The zero-order valence-corrected chi connectivity index (χ0v) is 6.76. The molecule has 64 valence electrons. The molecule has 0 fully saturated rings. The third-order valence-corrected chi connectivity index (χ3v) is 1.40. The molecule has 0 saturated carbocycles. The van der Waals surface area contributed by atoms with E-state index < -0.39 is 10.1 Å². The highest BCUT2D eigenvalue weighted by Gasteiger charge is 2.02. The van der Waals surface area contributed by atoms with E-state index in [4.69, 9.17) is 10.4 Å². The van der Waals surface area contributed by atoms with E-state index in [-0.39, 0.29) is 12.4 Å². The summed E-state index contributed by atoms with van der Waals surface area (Å²) in [6.07, 6.45) is 0. The minimum atomic E-state index is -3.60. The van der Waals surface area contributed by atoms with E-state index in [9.17, 15) is 8.42 Å². The molecule has 0 heterocycles. The van der Waals surface area contributed by atoms with Crippen molar-refractivity contribution < 1.29 is 23.1 Å². The number of aliphatic hydroxyl groups excluding tert-OH is 1. The molecule has 2 N–H and O–H groups in total. The van der Waals surface area contributed by atoms with Gasteiger partial charge in [0.1, 0.15) is 0 Å². The molecule has 0 radical (unpaired) electrons. The summed E-state index contributed by atoms with van der Waals surface area (Å²) in [6, 6.07) is 0. The summed E-state index contributed by atoms with van der Waals surface area (Å²) >= 11 is 0. The van der Waals surface area contributed by atoms with Gasteiger partial charge < -0.3 is 5.11 Å². The molecule has 0 rings (SSSR count). The SMILES string of the molecule is CCO.CCS(=O)(=O)OO. The van der Waals surface area contributed by atoms with Crippen LogP contribution in [0.1, 0.15) is 13.8 Å². The van der Waals surface area contributed by atoms with E-state index >= 15 is 0 Å². The van der Waals surface area contributed by atoms with Gasteiger partial charge in [-0.1, -0.05) is 0 Å². The van der Waals surface area contributed by atoms with Crippen molar-refractivity contribution in [1.82, 2.24) is 0 Å². The minimum absolute atomic E-state index is 0.205. The Labute approximate surface area is 60.3 Å². The molecule has 0 aliphatic rings. The maximum absolute atomic E-state index is 9.90. The van der Waals surface area contributed by atoms with Gasteiger partial charge in [0.25, 0.3) is 10.1 Å². The highest BCUT2D eigenvalue weighted by molar-refractivity contribution is 7.86. The van der Waals surface area contributed by atoms with Gasteiger partial charge in [0, 0.05) is 6.61 Å². The Morgan fingerprint density at radius 1 is 1.40 bits per heavy atom. The highest BCUT2D eigenvalue weighted by atomic mass is 32.2. The molecular weight excluding hydrogens is 160 g/mol. The summed E-state index contributed by atoms with van der Waals surface area (Å²) in [7, 11) is -3.60. The van der Waals surface area contributed by atoms with Crippen molar-refractivity contribution in [2.45, 2.75) is 13.8 Å². The number of rotatable bonds is 2. The van der Waals surface area contributed by atoms with Crippen molar-refractivity contribution in [1.29, 1.82) is 0 Å². The van der Waals surface area contributed by atoms with Crippen LogP contribution in [0, 0.1) is 0 Å². The maximum atomic E-state index is 9.90. The molecule has 0 unspecified atom stereocenters. The van der Waals surface area contributed by atoms with Crippen LogP contribution in [0.2, 0.25) is 0 Å². The number of aliphatic hydroxyl groups is 1. The fourth-order valence-corrected chi connectivity index (χ4v) is 0.158. The molecule has 0 aromatic heterocycles. The lowest BCUT2D eigenvalue weighted by atomic mass is 10.9. The van der Waals surface area contributed by atoms with E-state index in [1.165, 1.54) is 6.92 Å². The quantitative estimate of drug-likeness (QED) is 0.446. The zero-order chi connectivity index (χ0) is 8.62. The molecule has 5 nitrogen and oxygen atoms in total. The summed E-state index contributed by atoms with van der Waals surface area (Å²) < 4.78 is 22.9. The van der Waals surface area contributed by atoms with Crippen LogP contribution in [0.15, 0.2) is 0 Å². The maximum Gasteiger partial charge on any atom is 0.293 e. The monoisotopic (exact) mass is 172 g/mol. The van der Waals surface area contributed by atoms with Crippen LogP contribution in [0.4, 0.5) is 0 Å². The van der Waals surface area contributed by atoms with Crippen molar-refractivity contribution in [3.63, 3.8) is 0 Å². The Kier molecular flexibility index (Phi) is 8.68. The van der Waals surface area contributed by atoms with E-state index in [0.717, 1.165) is 0 Å². The van der Waals surface area contributed by atoms with Crippen LogP contribution in [0.25, 0.3) is 0 Å². The second-order valence-electron chi connectivity index (χ2n) is 1.24. The van der Waals surface area contributed by atoms with Gasteiger partial charge in [0.15, 0.2) is 0 Å². The fourth-order valence-electron chi connectivity index (χ4n) is 0.0527. The van der Waals surface area contributed by atoms with Crippen LogP contribution in [0.5, 0.6) is 0 Å². The Balaban J connectivity index is 0. The highest BCUT2D eigenvalue weighted by Crippen LogP contribution is 1.84. The first-order valence-corrected chi connectivity index (χ1v) is 4.28. The van der Waals surface area contributed by atoms with Crippen LogP contribution >= 0.6 is 0 Å².